The van der Waals surface area contributed by atoms with E-state index >= 15 is 0 Å². The lowest BCUT2D eigenvalue weighted by molar-refractivity contribution is -0.104. The van der Waals surface area contributed by atoms with Crippen LogP contribution in [0, 0.1) is 0 Å². The summed E-state index contributed by atoms with van der Waals surface area (Å²) in [6, 6.07) is 16.3. The maximum absolute atomic E-state index is 5.94. The van der Waals surface area contributed by atoms with Crippen molar-refractivity contribution in [1.82, 2.24) is 4.98 Å². The van der Waals surface area contributed by atoms with Gasteiger partial charge in [0.1, 0.15) is 11.5 Å². The highest BCUT2D eigenvalue weighted by molar-refractivity contribution is 5.58. The highest BCUT2D eigenvalue weighted by Gasteiger charge is 2.26. The van der Waals surface area contributed by atoms with Gasteiger partial charge in [0, 0.05) is 25.1 Å². The summed E-state index contributed by atoms with van der Waals surface area (Å²) in [7, 11) is 0. The van der Waals surface area contributed by atoms with Gasteiger partial charge in [0.15, 0.2) is 0 Å². The molecule has 3 heteroatoms. The fourth-order valence-corrected chi connectivity index (χ4v) is 2.56. The number of rotatable bonds is 4. The molecule has 1 aromatic heterocycles. The van der Waals surface area contributed by atoms with Gasteiger partial charge >= 0.3 is 0 Å². The van der Waals surface area contributed by atoms with Crippen LogP contribution in [-0.2, 0) is 9.47 Å². The number of benzene rings is 1. The van der Waals surface area contributed by atoms with Crippen molar-refractivity contribution in [3.63, 3.8) is 0 Å². The zero-order chi connectivity index (χ0) is 14.5. The summed E-state index contributed by atoms with van der Waals surface area (Å²) in [5.41, 5.74) is 2.13. The number of allylic oxidation sites excluding steroid dienone is 1. The van der Waals surface area contributed by atoms with E-state index in [1.165, 1.54) is 5.56 Å². The predicted octanol–water partition coefficient (Wildman–Crippen LogP) is 3.99. The van der Waals surface area contributed by atoms with E-state index in [0.29, 0.717) is 6.61 Å². The molecule has 0 radical (unpaired) electrons. The molecule has 2 unspecified atom stereocenters. The maximum atomic E-state index is 5.94. The molecule has 0 saturated carbocycles. The van der Waals surface area contributed by atoms with Gasteiger partial charge in [-0.1, -0.05) is 36.4 Å². The molecule has 2 heterocycles. The Morgan fingerprint density at radius 1 is 1.14 bits per heavy atom. The van der Waals surface area contributed by atoms with E-state index in [-0.39, 0.29) is 12.2 Å². The molecule has 21 heavy (non-hydrogen) atoms. The summed E-state index contributed by atoms with van der Waals surface area (Å²) in [5.74, 6) is 1.09. The SMILES string of the molecule is CCOC1CC(c2ccccc2)C=C(c2ccccn2)O1. The first-order valence-corrected chi connectivity index (χ1v) is 7.33. The Kier molecular flexibility index (Phi) is 4.31. The second-order valence-electron chi connectivity index (χ2n) is 5.00. The number of hydrogen-bond donors (Lipinski definition) is 0. The standard InChI is InChI=1S/C18H19NO2/c1-2-20-18-13-15(14-8-4-3-5-9-14)12-17(21-18)16-10-6-7-11-19-16/h3-12,15,18H,2,13H2,1H3. The van der Waals surface area contributed by atoms with Crippen molar-refractivity contribution in [3.8, 4) is 0 Å². The van der Waals surface area contributed by atoms with Crippen LogP contribution < -0.4 is 0 Å². The van der Waals surface area contributed by atoms with Gasteiger partial charge in [-0.2, -0.15) is 0 Å². The molecular weight excluding hydrogens is 262 g/mol. The van der Waals surface area contributed by atoms with Crippen LogP contribution in [0.25, 0.3) is 5.76 Å². The number of ether oxygens (including phenoxy) is 2. The Bertz CT molecular complexity index is 595. The third-order valence-electron chi connectivity index (χ3n) is 3.55. The largest absolute Gasteiger partial charge is 0.463 e. The molecule has 0 amide bonds. The van der Waals surface area contributed by atoms with Gasteiger partial charge in [-0.15, -0.1) is 0 Å². The Hall–Kier alpha value is -2.13. The zero-order valence-electron chi connectivity index (χ0n) is 12.1. The van der Waals surface area contributed by atoms with Gasteiger partial charge in [-0.05, 0) is 30.7 Å². The van der Waals surface area contributed by atoms with E-state index < -0.39 is 0 Å². The van der Waals surface area contributed by atoms with E-state index in [1.54, 1.807) is 6.20 Å². The lowest BCUT2D eigenvalue weighted by atomic mass is 9.92. The van der Waals surface area contributed by atoms with E-state index in [2.05, 4.69) is 35.3 Å². The van der Waals surface area contributed by atoms with Gasteiger partial charge in [0.2, 0.25) is 6.29 Å². The fourth-order valence-electron chi connectivity index (χ4n) is 2.56. The molecule has 0 bridgehead atoms. The van der Waals surface area contributed by atoms with Gasteiger partial charge in [0.05, 0.1) is 0 Å². The van der Waals surface area contributed by atoms with Crippen LogP contribution in [0.3, 0.4) is 0 Å². The molecule has 1 aromatic carbocycles. The molecule has 108 valence electrons. The molecule has 2 aromatic rings. The summed E-state index contributed by atoms with van der Waals surface area (Å²) in [5, 5.41) is 0. The van der Waals surface area contributed by atoms with Crippen molar-refractivity contribution >= 4 is 5.76 Å². The minimum atomic E-state index is -0.220. The lowest BCUT2D eigenvalue weighted by Crippen LogP contribution is -2.24. The summed E-state index contributed by atoms with van der Waals surface area (Å²) in [6.45, 7) is 2.63. The topological polar surface area (TPSA) is 31.4 Å². The number of nitrogens with zero attached hydrogens (tertiary/aromatic N) is 1. The van der Waals surface area contributed by atoms with Gasteiger partial charge in [-0.25, -0.2) is 0 Å². The smallest absolute Gasteiger partial charge is 0.200 e. The first-order valence-electron chi connectivity index (χ1n) is 7.33. The second-order valence-corrected chi connectivity index (χ2v) is 5.00. The van der Waals surface area contributed by atoms with Crippen molar-refractivity contribution in [2.45, 2.75) is 25.6 Å². The zero-order valence-corrected chi connectivity index (χ0v) is 12.1. The summed E-state index contributed by atoms with van der Waals surface area (Å²) in [6.07, 6.45) is 4.53. The van der Waals surface area contributed by atoms with E-state index in [1.807, 2.05) is 31.2 Å². The van der Waals surface area contributed by atoms with Crippen molar-refractivity contribution in [2.75, 3.05) is 6.61 Å². The number of pyridine rings is 1. The van der Waals surface area contributed by atoms with Crippen LogP contribution >= 0.6 is 0 Å². The average molecular weight is 281 g/mol. The molecule has 0 aliphatic carbocycles. The number of hydrogen-bond acceptors (Lipinski definition) is 3. The van der Waals surface area contributed by atoms with E-state index in [4.69, 9.17) is 9.47 Å². The normalized spacial score (nSPS) is 21.5. The predicted molar refractivity (Wildman–Crippen MR) is 82.5 cm³/mol. The van der Waals surface area contributed by atoms with Crippen LogP contribution in [0.4, 0.5) is 0 Å². The van der Waals surface area contributed by atoms with Crippen LogP contribution in [0.2, 0.25) is 0 Å². The summed E-state index contributed by atoms with van der Waals surface area (Å²) in [4.78, 5) is 4.38. The molecule has 1 aliphatic heterocycles. The average Bonchev–Trinajstić information content (AvgIpc) is 2.56. The molecule has 3 nitrogen and oxygen atoms in total. The van der Waals surface area contributed by atoms with E-state index in [9.17, 15) is 0 Å². The minimum Gasteiger partial charge on any atom is -0.463 e. The maximum Gasteiger partial charge on any atom is 0.200 e. The molecule has 0 N–H and O–H groups in total. The monoisotopic (exact) mass is 281 g/mol. The molecule has 0 spiro atoms. The molecular formula is C18H19NO2. The second kappa shape index (κ2) is 6.55. The Balaban J connectivity index is 1.92. The Morgan fingerprint density at radius 3 is 2.67 bits per heavy atom. The first-order chi connectivity index (χ1) is 10.4. The first kappa shape index (κ1) is 13.8. The molecule has 2 atom stereocenters. The van der Waals surface area contributed by atoms with Crippen LogP contribution in [0.1, 0.15) is 30.5 Å². The Morgan fingerprint density at radius 2 is 1.95 bits per heavy atom. The van der Waals surface area contributed by atoms with Gasteiger partial charge < -0.3 is 9.47 Å². The highest BCUT2D eigenvalue weighted by atomic mass is 16.7. The van der Waals surface area contributed by atoms with Crippen molar-refractivity contribution in [3.05, 3.63) is 72.1 Å². The number of aromatic nitrogens is 1. The van der Waals surface area contributed by atoms with Crippen molar-refractivity contribution in [2.24, 2.45) is 0 Å². The van der Waals surface area contributed by atoms with E-state index in [0.717, 1.165) is 17.9 Å². The molecule has 3 rings (SSSR count). The van der Waals surface area contributed by atoms with Gasteiger partial charge in [-0.3, -0.25) is 4.98 Å². The third-order valence-corrected chi connectivity index (χ3v) is 3.55. The summed E-state index contributed by atoms with van der Waals surface area (Å²) < 4.78 is 11.6. The molecule has 1 aliphatic rings. The molecule has 0 saturated heterocycles. The van der Waals surface area contributed by atoms with Gasteiger partial charge in [0.25, 0.3) is 0 Å². The summed E-state index contributed by atoms with van der Waals surface area (Å²) >= 11 is 0. The quantitative estimate of drug-likeness (QED) is 0.849. The lowest BCUT2D eigenvalue weighted by Gasteiger charge is -2.29. The van der Waals surface area contributed by atoms with Crippen LogP contribution in [0.5, 0.6) is 0 Å². The van der Waals surface area contributed by atoms with Crippen molar-refractivity contribution < 1.29 is 9.47 Å². The van der Waals surface area contributed by atoms with Crippen LogP contribution in [0.15, 0.2) is 60.8 Å². The fraction of sp³-hybridized carbons (Fsp3) is 0.278. The third kappa shape index (κ3) is 3.31. The minimum absolute atomic E-state index is 0.220. The Labute approximate surface area is 125 Å². The highest BCUT2D eigenvalue weighted by Crippen LogP contribution is 2.34. The van der Waals surface area contributed by atoms with Crippen LogP contribution in [-0.4, -0.2) is 17.9 Å². The molecule has 0 fully saturated rings. The van der Waals surface area contributed by atoms with Crippen molar-refractivity contribution in [1.29, 1.82) is 0 Å².